The predicted molar refractivity (Wildman–Crippen MR) is 89.1 cm³/mol. The summed E-state index contributed by atoms with van der Waals surface area (Å²) >= 11 is 0. The lowest BCUT2D eigenvalue weighted by molar-refractivity contribution is -0.137. The first-order valence-corrected chi connectivity index (χ1v) is 7.97. The molecule has 0 aliphatic carbocycles. The minimum Gasteiger partial charge on any atom is -0.504 e. The van der Waals surface area contributed by atoms with Gasteiger partial charge in [0, 0.05) is 16.3 Å². The summed E-state index contributed by atoms with van der Waals surface area (Å²) in [5.74, 6) is 0.339. The highest BCUT2D eigenvalue weighted by Gasteiger charge is 2.33. The second-order valence-electron chi connectivity index (χ2n) is 6.97. The van der Waals surface area contributed by atoms with Crippen molar-refractivity contribution in [2.75, 3.05) is 0 Å². The van der Waals surface area contributed by atoms with Gasteiger partial charge in [0.2, 0.25) is 0 Å². The molecular formula is C19H22O4. The molecule has 0 fully saturated rings. The van der Waals surface area contributed by atoms with E-state index >= 15 is 0 Å². The topological polar surface area (TPSA) is 55.8 Å². The van der Waals surface area contributed by atoms with Crippen molar-refractivity contribution in [3.63, 3.8) is 0 Å². The van der Waals surface area contributed by atoms with E-state index in [-0.39, 0.29) is 29.0 Å². The number of hydrogen-bond donors (Lipinski definition) is 1. The molecule has 1 heterocycles. The van der Waals surface area contributed by atoms with Crippen molar-refractivity contribution in [3.05, 3.63) is 29.8 Å². The molecule has 122 valence electrons. The van der Waals surface area contributed by atoms with E-state index in [0.29, 0.717) is 17.6 Å². The van der Waals surface area contributed by atoms with Gasteiger partial charge in [0.1, 0.15) is 11.4 Å². The number of phenols is 1. The molecule has 4 nitrogen and oxygen atoms in total. The third kappa shape index (κ3) is 2.74. The Morgan fingerprint density at radius 1 is 1.26 bits per heavy atom. The molecule has 2 aromatic rings. The lowest BCUT2D eigenvalue weighted by Crippen LogP contribution is -2.33. The van der Waals surface area contributed by atoms with Gasteiger partial charge in [-0.05, 0) is 26.7 Å². The largest absolute Gasteiger partial charge is 0.504 e. The van der Waals surface area contributed by atoms with Crippen LogP contribution >= 0.6 is 0 Å². The van der Waals surface area contributed by atoms with Gasteiger partial charge in [0.15, 0.2) is 11.5 Å². The van der Waals surface area contributed by atoms with Gasteiger partial charge in [-0.2, -0.15) is 0 Å². The van der Waals surface area contributed by atoms with Crippen LogP contribution in [-0.4, -0.2) is 16.7 Å². The Morgan fingerprint density at radius 3 is 2.57 bits per heavy atom. The number of esters is 1. The van der Waals surface area contributed by atoms with Gasteiger partial charge in [0.05, 0.1) is 5.92 Å². The SMILES string of the molecule is CC(C)C(=O)Oc1c2c(c3ccccc3c1O)OC(C)(C)CC2. The molecule has 0 spiro atoms. The lowest BCUT2D eigenvalue weighted by atomic mass is 9.91. The number of rotatable bonds is 2. The molecule has 23 heavy (non-hydrogen) atoms. The van der Waals surface area contributed by atoms with Gasteiger partial charge in [-0.1, -0.05) is 38.1 Å². The molecule has 0 bridgehead atoms. The van der Waals surface area contributed by atoms with E-state index in [4.69, 9.17) is 9.47 Å². The Labute approximate surface area is 136 Å². The number of phenolic OH excluding ortho intramolecular Hbond substituents is 1. The van der Waals surface area contributed by atoms with E-state index in [2.05, 4.69) is 0 Å². The van der Waals surface area contributed by atoms with Crippen molar-refractivity contribution in [2.45, 2.75) is 46.1 Å². The van der Waals surface area contributed by atoms with Gasteiger partial charge < -0.3 is 14.6 Å². The van der Waals surface area contributed by atoms with Crippen LogP contribution in [-0.2, 0) is 11.2 Å². The fourth-order valence-corrected chi connectivity index (χ4v) is 2.84. The number of carbonyl (C=O) groups excluding carboxylic acids is 1. The summed E-state index contributed by atoms with van der Waals surface area (Å²) in [6, 6.07) is 7.48. The first kappa shape index (κ1) is 15.7. The van der Waals surface area contributed by atoms with Gasteiger partial charge in [-0.15, -0.1) is 0 Å². The first-order valence-electron chi connectivity index (χ1n) is 7.97. The standard InChI is InChI=1S/C19H22O4/c1-11(2)18(21)22-17-14-9-10-19(3,4)23-16(14)13-8-6-5-7-12(13)15(17)20/h5-8,11,20H,9-10H2,1-4H3. The van der Waals surface area contributed by atoms with Crippen molar-refractivity contribution in [1.29, 1.82) is 0 Å². The van der Waals surface area contributed by atoms with Crippen LogP contribution in [0.4, 0.5) is 0 Å². The van der Waals surface area contributed by atoms with Crippen molar-refractivity contribution >= 4 is 16.7 Å². The van der Waals surface area contributed by atoms with Crippen LogP contribution in [0.15, 0.2) is 24.3 Å². The highest BCUT2D eigenvalue weighted by molar-refractivity contribution is 5.98. The number of hydrogen-bond acceptors (Lipinski definition) is 4. The van der Waals surface area contributed by atoms with Crippen LogP contribution in [0.5, 0.6) is 17.2 Å². The Morgan fingerprint density at radius 2 is 1.91 bits per heavy atom. The monoisotopic (exact) mass is 314 g/mol. The molecule has 1 N–H and O–H groups in total. The van der Waals surface area contributed by atoms with Gasteiger partial charge in [0.25, 0.3) is 0 Å². The minimum absolute atomic E-state index is 0.0108. The molecule has 0 atom stereocenters. The van der Waals surface area contributed by atoms with Crippen LogP contribution in [0, 0.1) is 5.92 Å². The van der Waals surface area contributed by atoms with Crippen LogP contribution in [0.2, 0.25) is 0 Å². The summed E-state index contributed by atoms with van der Waals surface area (Å²) in [6.45, 7) is 7.62. The molecule has 0 saturated heterocycles. The van der Waals surface area contributed by atoms with Crippen molar-refractivity contribution in [1.82, 2.24) is 0 Å². The van der Waals surface area contributed by atoms with E-state index in [0.717, 1.165) is 17.4 Å². The maximum Gasteiger partial charge on any atom is 0.313 e. The van der Waals surface area contributed by atoms with Crippen LogP contribution < -0.4 is 9.47 Å². The Hall–Kier alpha value is -2.23. The highest BCUT2D eigenvalue weighted by atomic mass is 16.5. The second-order valence-corrected chi connectivity index (χ2v) is 6.97. The van der Waals surface area contributed by atoms with Crippen LogP contribution in [0.3, 0.4) is 0 Å². The molecular weight excluding hydrogens is 292 g/mol. The van der Waals surface area contributed by atoms with Gasteiger partial charge in [-0.3, -0.25) is 4.79 Å². The summed E-state index contributed by atoms with van der Waals surface area (Å²) in [5, 5.41) is 12.1. The summed E-state index contributed by atoms with van der Waals surface area (Å²) in [6.07, 6.45) is 1.49. The molecule has 1 aliphatic heterocycles. The highest BCUT2D eigenvalue weighted by Crippen LogP contribution is 2.49. The van der Waals surface area contributed by atoms with E-state index in [1.54, 1.807) is 13.8 Å². The lowest BCUT2D eigenvalue weighted by Gasteiger charge is -2.34. The van der Waals surface area contributed by atoms with E-state index in [1.165, 1.54) is 0 Å². The molecule has 0 amide bonds. The van der Waals surface area contributed by atoms with E-state index < -0.39 is 0 Å². The zero-order valence-corrected chi connectivity index (χ0v) is 14.0. The van der Waals surface area contributed by atoms with Crippen molar-refractivity contribution in [3.8, 4) is 17.2 Å². The van der Waals surface area contributed by atoms with Gasteiger partial charge >= 0.3 is 5.97 Å². The molecule has 0 aromatic heterocycles. The van der Waals surface area contributed by atoms with Crippen LogP contribution in [0.25, 0.3) is 10.8 Å². The molecule has 3 rings (SSSR count). The fraction of sp³-hybridized carbons (Fsp3) is 0.421. The van der Waals surface area contributed by atoms with E-state index in [1.807, 2.05) is 38.1 Å². The predicted octanol–water partition coefficient (Wildman–Crippen LogP) is 4.21. The zero-order valence-electron chi connectivity index (χ0n) is 14.0. The molecule has 0 radical (unpaired) electrons. The maximum atomic E-state index is 12.0. The molecule has 4 heteroatoms. The fourth-order valence-electron chi connectivity index (χ4n) is 2.84. The van der Waals surface area contributed by atoms with Crippen LogP contribution in [0.1, 0.15) is 39.7 Å². The van der Waals surface area contributed by atoms with E-state index in [9.17, 15) is 9.90 Å². The number of fused-ring (bicyclic) bond motifs is 3. The maximum absolute atomic E-state index is 12.0. The average molecular weight is 314 g/mol. The Bertz CT molecular complexity index is 775. The quantitative estimate of drug-likeness (QED) is 0.666. The molecule has 0 saturated carbocycles. The molecule has 1 aliphatic rings. The van der Waals surface area contributed by atoms with Crippen molar-refractivity contribution < 1.29 is 19.4 Å². The zero-order chi connectivity index (χ0) is 16.8. The molecule has 2 aromatic carbocycles. The number of benzene rings is 2. The first-order chi connectivity index (χ1) is 10.8. The van der Waals surface area contributed by atoms with Gasteiger partial charge in [-0.25, -0.2) is 0 Å². The summed E-state index contributed by atoms with van der Waals surface area (Å²) < 4.78 is 11.7. The molecule has 0 unspecified atom stereocenters. The average Bonchev–Trinajstić information content (AvgIpc) is 2.50. The Balaban J connectivity index is 2.24. The summed E-state index contributed by atoms with van der Waals surface area (Å²) in [7, 11) is 0. The Kier molecular flexibility index (Phi) is 3.71. The number of ether oxygens (including phenoxy) is 2. The van der Waals surface area contributed by atoms with Crippen molar-refractivity contribution in [2.24, 2.45) is 5.92 Å². The summed E-state index contributed by atoms with van der Waals surface area (Å²) in [4.78, 5) is 12.0. The number of carbonyl (C=O) groups is 1. The minimum atomic E-state index is -0.359. The smallest absolute Gasteiger partial charge is 0.313 e. The normalized spacial score (nSPS) is 16.0. The third-order valence-electron chi connectivity index (χ3n) is 4.22. The number of aromatic hydroxyl groups is 1. The summed E-state index contributed by atoms with van der Waals surface area (Å²) in [5.41, 5.74) is 0.487. The second kappa shape index (κ2) is 5.44. The third-order valence-corrected chi connectivity index (χ3v) is 4.22.